The largest absolute Gasteiger partial charge is 0.508 e. The monoisotopic (exact) mass is 292 g/mol. The number of nitrogens with one attached hydrogen (secondary N) is 1. The minimum Gasteiger partial charge on any atom is -0.508 e. The first kappa shape index (κ1) is 15.8. The van der Waals surface area contributed by atoms with Crippen LogP contribution in [0.3, 0.4) is 0 Å². The number of carbonyl (C=O) groups is 1. The van der Waals surface area contributed by atoms with Gasteiger partial charge in [-0.2, -0.15) is 0 Å². The summed E-state index contributed by atoms with van der Waals surface area (Å²) < 4.78 is 5.26. The number of benzene rings is 1. The Bertz CT molecular complexity index is 498. The van der Waals surface area contributed by atoms with Crippen LogP contribution in [0.25, 0.3) is 0 Å². The molecule has 2 unspecified atom stereocenters. The van der Waals surface area contributed by atoms with Crippen molar-refractivity contribution in [2.45, 2.75) is 32.9 Å². The molecule has 1 aliphatic heterocycles. The molecule has 1 amide bonds. The third-order valence-electron chi connectivity index (χ3n) is 3.85. The molecule has 2 N–H and O–H groups in total. The molecular weight excluding hydrogens is 268 g/mol. The lowest BCUT2D eigenvalue weighted by Crippen LogP contribution is -2.49. The van der Waals surface area contributed by atoms with Crippen molar-refractivity contribution in [2.75, 3.05) is 26.3 Å². The molecule has 1 aliphatic rings. The van der Waals surface area contributed by atoms with Gasteiger partial charge in [0.05, 0.1) is 19.3 Å². The highest BCUT2D eigenvalue weighted by atomic mass is 16.5. The summed E-state index contributed by atoms with van der Waals surface area (Å²) >= 11 is 0. The molecule has 0 saturated carbocycles. The van der Waals surface area contributed by atoms with Gasteiger partial charge < -0.3 is 14.7 Å². The Morgan fingerprint density at radius 2 is 2.00 bits per heavy atom. The van der Waals surface area contributed by atoms with E-state index in [1.807, 2.05) is 37.8 Å². The number of nitrogens with zero attached hydrogens (tertiary/aromatic N) is 1. The van der Waals surface area contributed by atoms with Crippen LogP contribution in [0.1, 0.15) is 31.0 Å². The van der Waals surface area contributed by atoms with Crippen LogP contribution in [-0.4, -0.2) is 48.3 Å². The predicted octanol–water partition coefficient (Wildman–Crippen LogP) is 1.60. The number of ether oxygens (including phenoxy) is 1. The number of morpholine rings is 1. The predicted molar refractivity (Wildman–Crippen MR) is 81.3 cm³/mol. The molecule has 2 rings (SSSR count). The fourth-order valence-electron chi connectivity index (χ4n) is 2.61. The number of aryl methyl sites for hydroxylation is 1. The van der Waals surface area contributed by atoms with Gasteiger partial charge in [-0.05, 0) is 32.4 Å². The minimum atomic E-state index is -0.293. The summed E-state index contributed by atoms with van der Waals surface area (Å²) in [5, 5.41) is 13.3. The van der Waals surface area contributed by atoms with Gasteiger partial charge in [-0.25, -0.2) is 0 Å². The van der Waals surface area contributed by atoms with Gasteiger partial charge in [0.25, 0.3) is 0 Å². The zero-order valence-electron chi connectivity index (χ0n) is 12.9. The second-order valence-corrected chi connectivity index (χ2v) is 5.61. The molecule has 116 valence electrons. The van der Waals surface area contributed by atoms with Gasteiger partial charge in [0.1, 0.15) is 5.75 Å². The van der Waals surface area contributed by atoms with Crippen molar-refractivity contribution in [3.8, 4) is 5.75 Å². The van der Waals surface area contributed by atoms with Crippen molar-refractivity contribution in [2.24, 2.45) is 0 Å². The number of amides is 1. The molecule has 1 aromatic carbocycles. The summed E-state index contributed by atoms with van der Waals surface area (Å²) in [5.41, 5.74) is 1.82. The third kappa shape index (κ3) is 3.95. The topological polar surface area (TPSA) is 61.8 Å². The maximum atomic E-state index is 12.3. The normalized spacial score (nSPS) is 18.3. The highest BCUT2D eigenvalue weighted by Gasteiger charge is 2.24. The number of carbonyl (C=O) groups excluding carboxylic acids is 1. The zero-order chi connectivity index (χ0) is 15.4. The fraction of sp³-hybridized carbons (Fsp3) is 0.562. The Morgan fingerprint density at radius 3 is 2.62 bits per heavy atom. The molecule has 2 atom stereocenters. The van der Waals surface area contributed by atoms with Crippen molar-refractivity contribution in [1.82, 2.24) is 10.2 Å². The van der Waals surface area contributed by atoms with Gasteiger partial charge in [0.15, 0.2) is 0 Å². The van der Waals surface area contributed by atoms with Gasteiger partial charge in [-0.15, -0.1) is 0 Å². The van der Waals surface area contributed by atoms with E-state index < -0.39 is 0 Å². The summed E-state index contributed by atoms with van der Waals surface area (Å²) in [4.78, 5) is 14.2. The van der Waals surface area contributed by atoms with Crippen LogP contribution in [0.5, 0.6) is 5.75 Å². The van der Waals surface area contributed by atoms with Gasteiger partial charge in [-0.1, -0.05) is 12.1 Å². The number of hydrogen-bond acceptors (Lipinski definition) is 4. The number of phenolic OH excluding ortho intramolecular Hbond substituents is 1. The third-order valence-corrected chi connectivity index (χ3v) is 3.85. The van der Waals surface area contributed by atoms with Crippen LogP contribution < -0.4 is 5.32 Å². The molecule has 1 aromatic rings. The van der Waals surface area contributed by atoms with Crippen LogP contribution >= 0.6 is 0 Å². The zero-order valence-corrected chi connectivity index (χ0v) is 12.9. The first-order chi connectivity index (χ1) is 9.99. The van der Waals surface area contributed by atoms with Crippen molar-refractivity contribution >= 4 is 5.91 Å². The van der Waals surface area contributed by atoms with E-state index in [2.05, 4.69) is 5.32 Å². The lowest BCUT2D eigenvalue weighted by atomic mass is 10.0. The quantitative estimate of drug-likeness (QED) is 0.885. The van der Waals surface area contributed by atoms with Crippen molar-refractivity contribution in [3.05, 3.63) is 29.3 Å². The van der Waals surface area contributed by atoms with E-state index >= 15 is 0 Å². The first-order valence-corrected chi connectivity index (χ1v) is 7.41. The van der Waals surface area contributed by atoms with E-state index in [-0.39, 0.29) is 23.7 Å². The van der Waals surface area contributed by atoms with E-state index in [0.717, 1.165) is 11.1 Å². The van der Waals surface area contributed by atoms with E-state index in [0.29, 0.717) is 26.3 Å². The molecule has 0 bridgehead atoms. The standard InChI is InChI=1S/C16H24N2O3/c1-11-4-5-14(15(19)10-11)12(2)17-13(3)16(20)18-6-8-21-9-7-18/h4-5,10,12-13,17,19H,6-9H2,1-3H3. The Morgan fingerprint density at radius 1 is 1.33 bits per heavy atom. The van der Waals surface area contributed by atoms with Crippen LogP contribution in [0.4, 0.5) is 0 Å². The minimum absolute atomic E-state index is 0.0803. The average molecular weight is 292 g/mol. The molecule has 0 aliphatic carbocycles. The molecule has 5 heteroatoms. The fourth-order valence-corrected chi connectivity index (χ4v) is 2.61. The van der Waals surface area contributed by atoms with E-state index in [9.17, 15) is 9.90 Å². The maximum absolute atomic E-state index is 12.3. The SMILES string of the molecule is Cc1ccc(C(C)NC(C)C(=O)N2CCOCC2)c(O)c1. The maximum Gasteiger partial charge on any atom is 0.239 e. The summed E-state index contributed by atoms with van der Waals surface area (Å²) in [7, 11) is 0. The Hall–Kier alpha value is -1.59. The first-order valence-electron chi connectivity index (χ1n) is 7.41. The van der Waals surface area contributed by atoms with Crippen molar-refractivity contribution < 1.29 is 14.6 Å². The molecule has 0 spiro atoms. The van der Waals surface area contributed by atoms with Crippen LogP contribution in [0, 0.1) is 6.92 Å². The van der Waals surface area contributed by atoms with Crippen molar-refractivity contribution in [1.29, 1.82) is 0 Å². The van der Waals surface area contributed by atoms with E-state index in [1.54, 1.807) is 6.07 Å². The number of phenols is 1. The summed E-state index contributed by atoms with van der Waals surface area (Å²) in [6.07, 6.45) is 0. The molecule has 5 nitrogen and oxygen atoms in total. The molecule has 1 saturated heterocycles. The van der Waals surface area contributed by atoms with Crippen LogP contribution in [0.2, 0.25) is 0 Å². The Kier molecular flexibility index (Phi) is 5.20. The smallest absolute Gasteiger partial charge is 0.239 e. The molecule has 0 aromatic heterocycles. The number of aromatic hydroxyl groups is 1. The lowest BCUT2D eigenvalue weighted by molar-refractivity contribution is -0.137. The molecule has 1 fully saturated rings. The van der Waals surface area contributed by atoms with Crippen LogP contribution in [-0.2, 0) is 9.53 Å². The number of rotatable bonds is 4. The molecular formula is C16H24N2O3. The number of hydrogen-bond donors (Lipinski definition) is 2. The average Bonchev–Trinajstić information content (AvgIpc) is 2.47. The molecule has 0 radical (unpaired) electrons. The second kappa shape index (κ2) is 6.91. The van der Waals surface area contributed by atoms with Crippen LogP contribution in [0.15, 0.2) is 18.2 Å². The van der Waals surface area contributed by atoms with E-state index in [1.165, 1.54) is 0 Å². The lowest BCUT2D eigenvalue weighted by Gasteiger charge is -2.30. The summed E-state index contributed by atoms with van der Waals surface area (Å²) in [6, 6.07) is 5.21. The summed E-state index contributed by atoms with van der Waals surface area (Å²) in [5.74, 6) is 0.345. The highest BCUT2D eigenvalue weighted by molar-refractivity contribution is 5.81. The van der Waals surface area contributed by atoms with Gasteiger partial charge in [-0.3, -0.25) is 10.1 Å². The van der Waals surface area contributed by atoms with Gasteiger partial charge in [0.2, 0.25) is 5.91 Å². The van der Waals surface area contributed by atoms with Crippen molar-refractivity contribution in [3.63, 3.8) is 0 Å². The second-order valence-electron chi connectivity index (χ2n) is 5.61. The van der Waals surface area contributed by atoms with Gasteiger partial charge >= 0.3 is 0 Å². The highest BCUT2D eigenvalue weighted by Crippen LogP contribution is 2.25. The van der Waals surface area contributed by atoms with E-state index in [4.69, 9.17) is 4.74 Å². The Labute approximate surface area is 125 Å². The summed E-state index contributed by atoms with van der Waals surface area (Å²) in [6.45, 7) is 8.25. The van der Waals surface area contributed by atoms with Gasteiger partial charge in [0, 0.05) is 24.7 Å². The molecule has 21 heavy (non-hydrogen) atoms. The molecule has 1 heterocycles. The Balaban J connectivity index is 1.97.